The molecule has 4 nitrogen and oxygen atoms in total. The molecular formula is C26H23ClN2O2S. The van der Waals surface area contributed by atoms with Crippen LogP contribution in [0.2, 0.25) is 5.02 Å². The summed E-state index contributed by atoms with van der Waals surface area (Å²) in [5, 5.41) is 1.25. The maximum absolute atomic E-state index is 14.2. The molecule has 0 N–H and O–H groups in total. The Morgan fingerprint density at radius 1 is 1.03 bits per heavy atom. The molecular weight excluding hydrogens is 440 g/mol. The van der Waals surface area contributed by atoms with E-state index in [0.29, 0.717) is 16.7 Å². The van der Waals surface area contributed by atoms with Gasteiger partial charge in [0.1, 0.15) is 5.52 Å². The summed E-state index contributed by atoms with van der Waals surface area (Å²) in [4.78, 5) is 20.8. The van der Waals surface area contributed by atoms with Gasteiger partial charge in [0.25, 0.3) is 0 Å². The third kappa shape index (κ3) is 4.29. The van der Waals surface area contributed by atoms with Gasteiger partial charge in [0.15, 0.2) is 5.13 Å². The maximum Gasteiger partial charge on any atom is 0.240 e. The zero-order valence-corrected chi connectivity index (χ0v) is 19.1. The predicted molar refractivity (Wildman–Crippen MR) is 131 cm³/mol. The Morgan fingerprint density at radius 2 is 1.72 bits per heavy atom. The minimum Gasteiger partial charge on any atom is -0.376 e. The lowest BCUT2D eigenvalue weighted by Crippen LogP contribution is -2.40. The van der Waals surface area contributed by atoms with Crippen LogP contribution >= 0.6 is 22.9 Å². The fourth-order valence-electron chi connectivity index (χ4n) is 4.20. The lowest BCUT2D eigenvalue weighted by molar-refractivity contribution is -0.119. The minimum atomic E-state index is -0.429. The molecule has 1 atom stereocenters. The minimum absolute atomic E-state index is 0.00641. The molecule has 2 heterocycles. The molecule has 1 aromatic heterocycles. The van der Waals surface area contributed by atoms with Crippen LogP contribution < -0.4 is 4.90 Å². The summed E-state index contributed by atoms with van der Waals surface area (Å²) in [6.07, 6.45) is 1.96. The summed E-state index contributed by atoms with van der Waals surface area (Å²) in [5.74, 6) is -0.436. The Morgan fingerprint density at radius 3 is 2.31 bits per heavy atom. The Labute approximate surface area is 196 Å². The average molecular weight is 463 g/mol. The smallest absolute Gasteiger partial charge is 0.240 e. The third-order valence-electron chi connectivity index (χ3n) is 5.78. The molecule has 162 valence electrons. The van der Waals surface area contributed by atoms with Gasteiger partial charge in [0, 0.05) is 6.61 Å². The summed E-state index contributed by atoms with van der Waals surface area (Å²) in [6.45, 7) is 1.21. The molecule has 32 heavy (non-hydrogen) atoms. The molecule has 1 amide bonds. The molecule has 0 aliphatic carbocycles. The van der Waals surface area contributed by atoms with Crippen LogP contribution in [-0.2, 0) is 9.53 Å². The molecule has 0 saturated carbocycles. The number of hydrogen-bond donors (Lipinski definition) is 0. The largest absolute Gasteiger partial charge is 0.376 e. The summed E-state index contributed by atoms with van der Waals surface area (Å²) < 4.78 is 6.87. The fourth-order valence-corrected chi connectivity index (χ4v) is 5.48. The highest BCUT2D eigenvalue weighted by atomic mass is 35.5. The van der Waals surface area contributed by atoms with E-state index in [1.807, 2.05) is 83.8 Å². The van der Waals surface area contributed by atoms with Gasteiger partial charge >= 0.3 is 0 Å². The van der Waals surface area contributed by atoms with Crippen LogP contribution in [-0.4, -0.2) is 30.1 Å². The first kappa shape index (κ1) is 21.1. The van der Waals surface area contributed by atoms with E-state index in [-0.39, 0.29) is 12.0 Å². The van der Waals surface area contributed by atoms with Crippen molar-refractivity contribution in [2.24, 2.45) is 0 Å². The van der Waals surface area contributed by atoms with Crippen molar-refractivity contribution in [1.82, 2.24) is 4.98 Å². The number of ether oxygens (including phenoxy) is 1. The second kappa shape index (κ2) is 9.41. The van der Waals surface area contributed by atoms with Crippen LogP contribution in [0.3, 0.4) is 0 Å². The number of hydrogen-bond acceptors (Lipinski definition) is 4. The highest BCUT2D eigenvalue weighted by Crippen LogP contribution is 2.36. The topological polar surface area (TPSA) is 42.4 Å². The van der Waals surface area contributed by atoms with Gasteiger partial charge in [-0.05, 0) is 36.1 Å². The number of thiazole rings is 1. The number of amides is 1. The van der Waals surface area contributed by atoms with E-state index in [1.54, 1.807) is 0 Å². The zero-order chi connectivity index (χ0) is 21.9. The Kier molecular flexibility index (Phi) is 6.21. The number of rotatable bonds is 6. The lowest BCUT2D eigenvalue weighted by atomic mass is 9.90. The number of para-hydroxylation sites is 1. The van der Waals surface area contributed by atoms with Crippen molar-refractivity contribution in [3.05, 3.63) is 95.0 Å². The fraction of sp³-hybridized carbons (Fsp3) is 0.231. The molecule has 4 aromatic rings. The highest BCUT2D eigenvalue weighted by molar-refractivity contribution is 7.22. The first-order valence-electron chi connectivity index (χ1n) is 10.8. The van der Waals surface area contributed by atoms with Crippen molar-refractivity contribution in [3.8, 4) is 0 Å². The monoisotopic (exact) mass is 462 g/mol. The molecule has 1 saturated heterocycles. The molecule has 0 bridgehead atoms. The summed E-state index contributed by atoms with van der Waals surface area (Å²) >= 11 is 7.89. The zero-order valence-electron chi connectivity index (χ0n) is 17.5. The molecule has 1 aliphatic heterocycles. The first-order chi connectivity index (χ1) is 15.7. The Bertz CT molecular complexity index is 1170. The lowest BCUT2D eigenvalue weighted by Gasteiger charge is -2.28. The van der Waals surface area contributed by atoms with Gasteiger partial charge in [-0.25, -0.2) is 4.98 Å². The van der Waals surface area contributed by atoms with Crippen molar-refractivity contribution >= 4 is 44.2 Å². The summed E-state index contributed by atoms with van der Waals surface area (Å²) in [5.41, 5.74) is 2.65. The summed E-state index contributed by atoms with van der Waals surface area (Å²) in [6, 6.07) is 25.6. The van der Waals surface area contributed by atoms with E-state index >= 15 is 0 Å². The number of nitrogens with zero attached hydrogens (tertiary/aromatic N) is 2. The van der Waals surface area contributed by atoms with Crippen LogP contribution in [0.4, 0.5) is 5.13 Å². The van der Waals surface area contributed by atoms with E-state index < -0.39 is 5.92 Å². The summed E-state index contributed by atoms with van der Waals surface area (Å²) in [7, 11) is 0. The molecule has 0 spiro atoms. The van der Waals surface area contributed by atoms with Gasteiger partial charge in [-0.15, -0.1) is 0 Å². The van der Waals surface area contributed by atoms with Crippen molar-refractivity contribution in [2.75, 3.05) is 18.1 Å². The predicted octanol–water partition coefficient (Wildman–Crippen LogP) is 6.29. The molecule has 3 aromatic carbocycles. The second-order valence-corrected chi connectivity index (χ2v) is 9.34. The number of fused-ring (bicyclic) bond motifs is 1. The second-order valence-electron chi connectivity index (χ2n) is 7.92. The van der Waals surface area contributed by atoms with E-state index in [1.165, 1.54) is 11.3 Å². The van der Waals surface area contributed by atoms with Crippen molar-refractivity contribution in [1.29, 1.82) is 0 Å². The van der Waals surface area contributed by atoms with Gasteiger partial charge in [0.2, 0.25) is 5.91 Å². The van der Waals surface area contributed by atoms with Gasteiger partial charge in [-0.2, -0.15) is 0 Å². The van der Waals surface area contributed by atoms with Crippen LogP contribution in [0.5, 0.6) is 0 Å². The number of aromatic nitrogens is 1. The van der Waals surface area contributed by atoms with Crippen LogP contribution in [0.15, 0.2) is 78.9 Å². The number of benzene rings is 3. The Balaban J connectivity index is 1.59. The SMILES string of the molecule is O=C(C(c1ccccc1)c1ccccc1)N(CC1CCCO1)c1nc2c(Cl)cccc2s1. The van der Waals surface area contributed by atoms with E-state index in [0.717, 1.165) is 40.8 Å². The number of halogens is 1. The highest BCUT2D eigenvalue weighted by Gasteiger charge is 2.33. The van der Waals surface area contributed by atoms with Crippen LogP contribution in [0.25, 0.3) is 10.2 Å². The molecule has 1 fully saturated rings. The van der Waals surface area contributed by atoms with Gasteiger partial charge in [-0.3, -0.25) is 9.69 Å². The van der Waals surface area contributed by atoms with Crippen molar-refractivity contribution in [3.63, 3.8) is 0 Å². The molecule has 0 radical (unpaired) electrons. The van der Waals surface area contributed by atoms with Crippen LogP contribution in [0.1, 0.15) is 29.9 Å². The van der Waals surface area contributed by atoms with Crippen LogP contribution in [0, 0.1) is 0 Å². The number of carbonyl (C=O) groups is 1. The van der Waals surface area contributed by atoms with Gasteiger partial charge in [0.05, 0.1) is 28.3 Å². The van der Waals surface area contributed by atoms with E-state index in [2.05, 4.69) is 0 Å². The van der Waals surface area contributed by atoms with Crippen molar-refractivity contribution < 1.29 is 9.53 Å². The first-order valence-corrected chi connectivity index (χ1v) is 12.0. The standard InChI is InChI=1S/C26H23ClN2O2S/c27-21-14-7-15-22-24(21)28-26(32-22)29(17-20-13-8-16-31-20)25(30)23(18-9-3-1-4-10-18)19-11-5-2-6-12-19/h1-7,9-12,14-15,20,23H,8,13,16-17H2. The number of anilines is 1. The Hall–Kier alpha value is -2.73. The van der Waals surface area contributed by atoms with Gasteiger partial charge < -0.3 is 4.74 Å². The molecule has 5 rings (SSSR count). The van der Waals surface area contributed by atoms with Gasteiger partial charge in [-0.1, -0.05) is 89.7 Å². The maximum atomic E-state index is 14.2. The molecule has 1 unspecified atom stereocenters. The normalized spacial score (nSPS) is 16.0. The average Bonchev–Trinajstić information content (AvgIpc) is 3.49. The van der Waals surface area contributed by atoms with Crippen molar-refractivity contribution in [2.45, 2.75) is 24.9 Å². The molecule has 6 heteroatoms. The van der Waals surface area contributed by atoms with E-state index in [9.17, 15) is 4.79 Å². The molecule has 1 aliphatic rings. The van der Waals surface area contributed by atoms with E-state index in [4.69, 9.17) is 21.3 Å². The third-order valence-corrected chi connectivity index (χ3v) is 7.13. The number of carbonyl (C=O) groups excluding carboxylic acids is 1. The quantitative estimate of drug-likeness (QED) is 0.338.